The summed E-state index contributed by atoms with van der Waals surface area (Å²) in [5.41, 5.74) is 10.9. The molecule has 0 atom stereocenters. The Hall–Kier alpha value is -3.40. The molecule has 0 saturated heterocycles. The summed E-state index contributed by atoms with van der Waals surface area (Å²) in [5.74, 6) is 0. The molecule has 4 N–H and O–H groups in total. The number of rotatable bonds is 4. The summed E-state index contributed by atoms with van der Waals surface area (Å²) in [6.07, 6.45) is 13.0. The molecule has 0 amide bonds. The molecule has 4 heteroatoms. The zero-order valence-corrected chi connectivity index (χ0v) is 23.1. The van der Waals surface area contributed by atoms with E-state index in [2.05, 4.69) is 99.6 Å². The Morgan fingerprint density at radius 3 is 0.750 bits per heavy atom. The van der Waals surface area contributed by atoms with Gasteiger partial charge in [0.2, 0.25) is 0 Å². The monoisotopic (exact) mass is 480 g/mol. The Balaban J connectivity index is 2.11. The van der Waals surface area contributed by atoms with Gasteiger partial charge in [-0.3, -0.25) is 0 Å². The molecule has 5 rings (SSSR count). The van der Waals surface area contributed by atoms with E-state index in [1.807, 2.05) is 0 Å². The first-order valence-electron chi connectivity index (χ1n) is 13.6. The van der Waals surface area contributed by atoms with Crippen LogP contribution in [0.1, 0.15) is 72.2 Å². The first-order chi connectivity index (χ1) is 17.3. The largest absolute Gasteiger partial charge is 0.353 e. The van der Waals surface area contributed by atoms with Crippen LogP contribution < -0.4 is 21.4 Å². The number of hydrogen-bond donors (Lipinski definition) is 4. The van der Waals surface area contributed by atoms with Gasteiger partial charge in [-0.15, -0.1) is 0 Å². The van der Waals surface area contributed by atoms with Crippen molar-refractivity contribution in [2.45, 2.75) is 81.1 Å². The van der Waals surface area contributed by atoms with E-state index in [1.165, 1.54) is 87.3 Å². The predicted molar refractivity (Wildman–Crippen MR) is 151 cm³/mol. The summed E-state index contributed by atoms with van der Waals surface area (Å²) in [6, 6.07) is 0. The molecule has 36 heavy (non-hydrogen) atoms. The molecule has 1 aliphatic rings. The standard InChI is InChI=1S/C32H40N4/c1-9-21-17(5)29-30-18(6)22(10-2)27(34-30)15-16-28-24(12-4)20(8)32(36-28)31-19(7)23(11-3)26(35-31)14-13-25(21)33-29/h13-16,33-36H,9-12H2,1-8H3/b14-13?,16-15?,25-13-,26-14-,27-15-,28-16-,30-29-,32-31-. The van der Waals surface area contributed by atoms with Crippen LogP contribution in [0.2, 0.25) is 0 Å². The van der Waals surface area contributed by atoms with Crippen molar-refractivity contribution in [2.24, 2.45) is 0 Å². The van der Waals surface area contributed by atoms with Crippen molar-refractivity contribution in [2.75, 3.05) is 0 Å². The molecule has 0 aromatic carbocycles. The van der Waals surface area contributed by atoms with Crippen molar-refractivity contribution in [1.29, 1.82) is 0 Å². The maximum absolute atomic E-state index is 3.79. The van der Waals surface area contributed by atoms with Gasteiger partial charge in [0.25, 0.3) is 0 Å². The summed E-state index contributed by atoms with van der Waals surface area (Å²) in [7, 11) is 0. The van der Waals surface area contributed by atoms with Gasteiger partial charge in [0.15, 0.2) is 0 Å². The maximum Gasteiger partial charge on any atom is 0.0659 e. The van der Waals surface area contributed by atoms with Gasteiger partial charge in [0.1, 0.15) is 0 Å². The third-order valence-electron chi connectivity index (χ3n) is 8.40. The fourth-order valence-corrected chi connectivity index (χ4v) is 6.35. The Labute approximate surface area is 212 Å². The van der Waals surface area contributed by atoms with E-state index in [9.17, 15) is 0 Å². The molecular weight excluding hydrogens is 440 g/mol. The molecule has 5 heterocycles. The van der Waals surface area contributed by atoms with Crippen LogP contribution in [-0.4, -0.2) is 19.9 Å². The molecule has 8 bridgehead atoms. The predicted octanol–water partition coefficient (Wildman–Crippen LogP) is 3.89. The number of nitrogens with one attached hydrogen (secondary N) is 4. The third kappa shape index (κ3) is 3.57. The smallest absolute Gasteiger partial charge is 0.0659 e. The SMILES string of the molecule is CCc1c(C)/c2[nH]/c1=C\C=c1/[nH]/c(c(C)c1CC)=c1\[nH]/c(c(CC)c1C)=C\C=c1/[nH]\c=2c(C)c1CC. The Morgan fingerprint density at radius 2 is 0.583 bits per heavy atom. The molecular formula is C32H40N4. The minimum absolute atomic E-state index is 0.995. The molecule has 0 radical (unpaired) electrons. The van der Waals surface area contributed by atoms with Crippen molar-refractivity contribution in [1.82, 2.24) is 19.9 Å². The Bertz CT molecular complexity index is 1630. The maximum atomic E-state index is 3.79. The molecule has 0 spiro atoms. The van der Waals surface area contributed by atoms with E-state index in [0.717, 1.165) is 25.7 Å². The minimum atomic E-state index is 0.995. The van der Waals surface area contributed by atoms with E-state index in [-0.39, 0.29) is 0 Å². The molecule has 0 fully saturated rings. The van der Waals surface area contributed by atoms with Crippen LogP contribution in [0.5, 0.6) is 0 Å². The second kappa shape index (κ2) is 9.24. The zero-order valence-electron chi connectivity index (χ0n) is 23.1. The van der Waals surface area contributed by atoms with Gasteiger partial charge < -0.3 is 19.9 Å². The van der Waals surface area contributed by atoms with Gasteiger partial charge in [-0.05, 0) is 122 Å². The van der Waals surface area contributed by atoms with Crippen LogP contribution in [0, 0.1) is 49.1 Å². The lowest BCUT2D eigenvalue weighted by atomic mass is 10.1. The van der Waals surface area contributed by atoms with Crippen molar-refractivity contribution in [3.8, 4) is 0 Å². The van der Waals surface area contributed by atoms with Crippen LogP contribution in [0.15, 0.2) is 0 Å². The summed E-state index contributed by atoms with van der Waals surface area (Å²) in [5, 5.41) is 9.61. The summed E-state index contributed by atoms with van der Waals surface area (Å²) >= 11 is 0. The fourth-order valence-electron chi connectivity index (χ4n) is 6.35. The highest BCUT2D eigenvalue weighted by atomic mass is 14.8. The van der Waals surface area contributed by atoms with E-state index >= 15 is 0 Å². The second-order valence-corrected chi connectivity index (χ2v) is 10.1. The van der Waals surface area contributed by atoms with Crippen LogP contribution in [0.25, 0.3) is 24.3 Å². The van der Waals surface area contributed by atoms with Crippen molar-refractivity contribution in [3.05, 3.63) is 87.3 Å². The lowest BCUT2D eigenvalue weighted by Crippen LogP contribution is -2.11. The summed E-state index contributed by atoms with van der Waals surface area (Å²) in [6.45, 7) is 18.0. The highest BCUT2D eigenvalue weighted by Crippen LogP contribution is 2.13. The molecule has 4 nitrogen and oxygen atoms in total. The van der Waals surface area contributed by atoms with Crippen LogP contribution in [0.3, 0.4) is 0 Å². The molecule has 188 valence electrons. The van der Waals surface area contributed by atoms with Crippen LogP contribution >= 0.6 is 0 Å². The molecule has 0 aliphatic carbocycles. The quantitative estimate of drug-likeness (QED) is 0.343. The van der Waals surface area contributed by atoms with E-state index in [4.69, 9.17) is 0 Å². The van der Waals surface area contributed by atoms with Gasteiger partial charge in [-0.25, -0.2) is 0 Å². The van der Waals surface area contributed by atoms with Crippen LogP contribution in [0.4, 0.5) is 0 Å². The number of hydrogen-bond acceptors (Lipinski definition) is 0. The first kappa shape index (κ1) is 24.3. The highest BCUT2D eigenvalue weighted by Gasteiger charge is 2.11. The normalized spacial score (nSPS) is 18.4. The fraction of sp³-hybridized carbons (Fsp3) is 0.375. The van der Waals surface area contributed by atoms with Crippen LogP contribution in [-0.2, 0) is 25.7 Å². The summed E-state index contributed by atoms with van der Waals surface area (Å²) in [4.78, 5) is 15.2. The zero-order chi connectivity index (χ0) is 25.7. The average molecular weight is 481 g/mol. The lowest BCUT2D eigenvalue weighted by molar-refractivity contribution is 1.10. The minimum Gasteiger partial charge on any atom is -0.353 e. The topological polar surface area (TPSA) is 63.2 Å². The molecule has 0 saturated carbocycles. The number of H-pyrrole nitrogens is 4. The third-order valence-corrected chi connectivity index (χ3v) is 8.40. The second-order valence-electron chi connectivity index (χ2n) is 10.1. The average Bonchev–Trinajstić information content (AvgIpc) is 3.56. The van der Waals surface area contributed by atoms with Gasteiger partial charge in [0, 0.05) is 21.4 Å². The van der Waals surface area contributed by atoms with E-state index < -0.39 is 0 Å². The van der Waals surface area contributed by atoms with Crippen molar-refractivity contribution < 1.29 is 0 Å². The van der Waals surface area contributed by atoms with E-state index in [0.29, 0.717) is 0 Å². The molecule has 4 aromatic rings. The van der Waals surface area contributed by atoms with Gasteiger partial charge in [0.05, 0.1) is 21.4 Å². The Kier molecular flexibility index (Phi) is 6.23. The van der Waals surface area contributed by atoms with E-state index in [1.54, 1.807) is 0 Å². The van der Waals surface area contributed by atoms with Crippen molar-refractivity contribution >= 4 is 24.3 Å². The number of aromatic amines is 4. The van der Waals surface area contributed by atoms with Gasteiger partial charge in [-0.1, -0.05) is 27.7 Å². The molecule has 1 aliphatic heterocycles. The highest BCUT2D eigenvalue weighted by molar-refractivity contribution is 5.63. The number of fused-ring (bicyclic) bond motifs is 8. The lowest BCUT2D eigenvalue weighted by Gasteiger charge is -1.95. The molecule has 0 unspecified atom stereocenters. The summed E-state index contributed by atoms with van der Waals surface area (Å²) < 4.78 is 0. The van der Waals surface area contributed by atoms with Crippen molar-refractivity contribution in [3.63, 3.8) is 0 Å². The molecule has 4 aromatic heterocycles. The van der Waals surface area contributed by atoms with Gasteiger partial charge in [-0.2, -0.15) is 0 Å². The first-order valence-corrected chi connectivity index (χ1v) is 13.6. The number of aromatic nitrogens is 4. The van der Waals surface area contributed by atoms with Gasteiger partial charge >= 0.3 is 0 Å². The Morgan fingerprint density at radius 1 is 0.389 bits per heavy atom.